The number of halogens is 7. The van der Waals surface area contributed by atoms with E-state index in [-0.39, 0.29) is 29.8 Å². The van der Waals surface area contributed by atoms with Gasteiger partial charge in [-0.25, -0.2) is 19.0 Å². The molecule has 0 radical (unpaired) electrons. The van der Waals surface area contributed by atoms with Crippen LogP contribution in [0.5, 0.6) is 0 Å². The van der Waals surface area contributed by atoms with Gasteiger partial charge in [0.1, 0.15) is 0 Å². The number of urea groups is 1. The number of hydrogen-bond acceptors (Lipinski definition) is 6. The SMILES string of the molecule is N[C@@H]1CCN(C(=O)c2ccc(CN3CCN(C4CCN(c5ncc(C(F)(F)F)cc5F)CC4)C3=O)cc2)C1.O=C(O)C(F)(F)F. The fraction of sp³-hybridized carbons (Fsp3) is 0.500. The molecular weight excluding hydrogens is 617 g/mol. The van der Waals surface area contributed by atoms with Crippen LogP contribution in [0.25, 0.3) is 0 Å². The van der Waals surface area contributed by atoms with Gasteiger partial charge in [0.25, 0.3) is 5.91 Å². The molecule has 1 aromatic heterocycles. The minimum Gasteiger partial charge on any atom is -0.475 e. The summed E-state index contributed by atoms with van der Waals surface area (Å²) in [5, 5.41) is 7.12. The number of aliphatic carboxylic acids is 1. The molecule has 0 saturated carbocycles. The third-order valence-electron chi connectivity index (χ3n) is 7.81. The molecule has 3 aliphatic heterocycles. The Labute approximate surface area is 253 Å². The zero-order valence-electron chi connectivity index (χ0n) is 23.8. The van der Waals surface area contributed by atoms with Crippen molar-refractivity contribution in [3.05, 3.63) is 59.0 Å². The summed E-state index contributed by atoms with van der Waals surface area (Å²) in [6, 6.07) is 7.68. The molecule has 17 heteroatoms. The molecule has 1 aromatic carbocycles. The number of nitrogens with two attached hydrogens (primary N) is 1. The van der Waals surface area contributed by atoms with E-state index >= 15 is 0 Å². The van der Waals surface area contributed by atoms with E-state index in [9.17, 15) is 40.3 Å². The predicted octanol–water partition coefficient (Wildman–Crippen LogP) is 3.95. The Morgan fingerprint density at radius 1 is 0.956 bits per heavy atom. The summed E-state index contributed by atoms with van der Waals surface area (Å²) in [5.74, 6) is -3.89. The molecule has 3 N–H and O–H groups in total. The van der Waals surface area contributed by atoms with Gasteiger partial charge >= 0.3 is 24.4 Å². The number of anilines is 1. The van der Waals surface area contributed by atoms with Crippen molar-refractivity contribution in [2.45, 2.75) is 50.2 Å². The molecule has 1 atom stereocenters. The molecule has 0 aliphatic carbocycles. The number of rotatable bonds is 5. The van der Waals surface area contributed by atoms with E-state index < -0.39 is 29.7 Å². The number of piperidine rings is 1. The van der Waals surface area contributed by atoms with Crippen molar-refractivity contribution in [1.29, 1.82) is 0 Å². The highest BCUT2D eigenvalue weighted by atomic mass is 19.4. The van der Waals surface area contributed by atoms with Crippen LogP contribution in [0.1, 0.15) is 40.7 Å². The van der Waals surface area contributed by atoms with E-state index in [0.29, 0.717) is 76.5 Å². The second-order valence-corrected chi connectivity index (χ2v) is 10.9. The number of pyridine rings is 1. The first-order valence-corrected chi connectivity index (χ1v) is 14.0. The standard InChI is InChI=1S/C26H30F4N6O2.C2HF3O2/c27-22-13-19(26(28,29)30)14-32-23(22)33-9-6-21(7-10-33)36-12-11-35(25(36)38)15-17-1-3-18(4-2-17)24(37)34-8-5-20(31)16-34;3-2(4,5)1(6)7/h1-4,13-14,20-21H,5-12,15-16,31H2;(H,6,7)/t20-;/m1./s1. The first kappa shape index (κ1) is 33.7. The quantitative estimate of drug-likeness (QED) is 0.471. The summed E-state index contributed by atoms with van der Waals surface area (Å²) >= 11 is 0. The number of nitrogens with zero attached hydrogens (tertiary/aromatic N) is 5. The van der Waals surface area contributed by atoms with Crippen LogP contribution >= 0.6 is 0 Å². The van der Waals surface area contributed by atoms with Gasteiger partial charge in [-0.1, -0.05) is 12.1 Å². The van der Waals surface area contributed by atoms with Crippen molar-refractivity contribution in [3.8, 4) is 0 Å². The Hall–Kier alpha value is -4.15. The number of alkyl halides is 6. The van der Waals surface area contributed by atoms with Crippen LogP contribution in [0.4, 0.5) is 41.3 Å². The van der Waals surface area contributed by atoms with E-state index in [4.69, 9.17) is 15.6 Å². The first-order chi connectivity index (χ1) is 21.0. The monoisotopic (exact) mass is 648 g/mol. The zero-order valence-corrected chi connectivity index (χ0v) is 23.8. The summed E-state index contributed by atoms with van der Waals surface area (Å²) in [7, 11) is 0. The lowest BCUT2D eigenvalue weighted by Gasteiger charge is -2.37. The van der Waals surface area contributed by atoms with Crippen LogP contribution in [0, 0.1) is 5.82 Å². The minimum absolute atomic E-state index is 0.0252. The van der Waals surface area contributed by atoms with Crippen LogP contribution in [0.15, 0.2) is 36.5 Å². The van der Waals surface area contributed by atoms with Gasteiger partial charge in [0.2, 0.25) is 0 Å². The number of benzene rings is 1. The molecule has 2 aromatic rings. The molecule has 4 heterocycles. The third kappa shape index (κ3) is 8.32. The summed E-state index contributed by atoms with van der Waals surface area (Å²) < 4.78 is 84.5. The highest BCUT2D eigenvalue weighted by Crippen LogP contribution is 2.32. The number of amides is 3. The Bertz CT molecular complexity index is 1380. The zero-order chi connectivity index (χ0) is 33.1. The molecule has 5 rings (SSSR count). The van der Waals surface area contributed by atoms with Crippen molar-refractivity contribution in [2.75, 3.05) is 44.2 Å². The third-order valence-corrected chi connectivity index (χ3v) is 7.81. The maximum atomic E-state index is 14.3. The molecule has 3 fully saturated rings. The first-order valence-electron chi connectivity index (χ1n) is 14.0. The number of likely N-dealkylation sites (tertiary alicyclic amines) is 1. The van der Waals surface area contributed by atoms with Gasteiger partial charge < -0.3 is 30.4 Å². The van der Waals surface area contributed by atoms with Crippen molar-refractivity contribution in [1.82, 2.24) is 19.7 Å². The highest BCUT2D eigenvalue weighted by molar-refractivity contribution is 5.94. The molecule has 3 amide bonds. The maximum Gasteiger partial charge on any atom is 0.490 e. The fourth-order valence-corrected chi connectivity index (χ4v) is 5.42. The van der Waals surface area contributed by atoms with E-state index in [1.54, 1.807) is 26.8 Å². The summed E-state index contributed by atoms with van der Waals surface area (Å²) in [6.07, 6.45) is -7.14. The highest BCUT2D eigenvalue weighted by Gasteiger charge is 2.39. The molecule has 10 nitrogen and oxygen atoms in total. The van der Waals surface area contributed by atoms with Crippen molar-refractivity contribution in [2.24, 2.45) is 5.73 Å². The van der Waals surface area contributed by atoms with E-state index in [1.165, 1.54) is 0 Å². The van der Waals surface area contributed by atoms with Gasteiger partial charge in [-0.3, -0.25) is 4.79 Å². The van der Waals surface area contributed by atoms with Crippen LogP contribution in [0.2, 0.25) is 0 Å². The lowest BCUT2D eigenvalue weighted by molar-refractivity contribution is -0.192. The smallest absolute Gasteiger partial charge is 0.475 e. The number of carbonyl (C=O) groups excluding carboxylic acids is 2. The Morgan fingerprint density at radius 2 is 1.58 bits per heavy atom. The Kier molecular flexibility index (Phi) is 10.1. The topological polar surface area (TPSA) is 123 Å². The van der Waals surface area contributed by atoms with E-state index in [0.717, 1.165) is 12.0 Å². The average Bonchev–Trinajstić information content (AvgIpc) is 3.57. The summed E-state index contributed by atoms with van der Waals surface area (Å²) in [5.41, 5.74) is 6.31. The van der Waals surface area contributed by atoms with Gasteiger partial charge in [0, 0.05) is 69.7 Å². The summed E-state index contributed by atoms with van der Waals surface area (Å²) in [4.78, 5) is 45.3. The second-order valence-electron chi connectivity index (χ2n) is 10.9. The van der Waals surface area contributed by atoms with E-state index in [1.807, 2.05) is 17.0 Å². The van der Waals surface area contributed by atoms with Crippen molar-refractivity contribution in [3.63, 3.8) is 0 Å². The molecule has 3 aliphatic rings. The van der Waals surface area contributed by atoms with Gasteiger partial charge in [-0.2, -0.15) is 26.3 Å². The predicted molar refractivity (Wildman–Crippen MR) is 146 cm³/mol. The average molecular weight is 649 g/mol. The van der Waals surface area contributed by atoms with Crippen LogP contribution in [-0.4, -0.2) is 100 Å². The number of aromatic nitrogens is 1. The Balaban J connectivity index is 0.000000591. The van der Waals surface area contributed by atoms with Crippen LogP contribution < -0.4 is 10.6 Å². The number of carboxylic acid groups (broad SMARTS) is 1. The molecule has 246 valence electrons. The minimum atomic E-state index is -5.08. The van der Waals surface area contributed by atoms with Gasteiger partial charge in [0.05, 0.1) is 5.56 Å². The molecule has 0 unspecified atom stereocenters. The number of hydrogen-bond donors (Lipinski definition) is 2. The molecular formula is C28H31F7N6O4. The van der Waals surface area contributed by atoms with Gasteiger partial charge in [0.15, 0.2) is 11.6 Å². The number of carbonyl (C=O) groups is 3. The van der Waals surface area contributed by atoms with E-state index in [2.05, 4.69) is 4.98 Å². The van der Waals surface area contributed by atoms with Crippen molar-refractivity contribution >= 4 is 23.7 Å². The molecule has 0 bridgehead atoms. The fourth-order valence-electron chi connectivity index (χ4n) is 5.42. The van der Waals surface area contributed by atoms with Crippen LogP contribution in [0.3, 0.4) is 0 Å². The van der Waals surface area contributed by atoms with Gasteiger partial charge in [-0.05, 0) is 43.0 Å². The van der Waals surface area contributed by atoms with Gasteiger partial charge in [-0.15, -0.1) is 0 Å². The van der Waals surface area contributed by atoms with Crippen molar-refractivity contribution < 1.29 is 50.2 Å². The van der Waals surface area contributed by atoms with Crippen LogP contribution in [-0.2, 0) is 17.5 Å². The maximum absolute atomic E-state index is 14.3. The number of carboxylic acids is 1. The second kappa shape index (κ2) is 13.5. The largest absolute Gasteiger partial charge is 0.490 e. The normalized spacial score (nSPS) is 19.6. The molecule has 3 saturated heterocycles. The molecule has 0 spiro atoms. The lowest BCUT2D eigenvalue weighted by atomic mass is 10.0. The molecule has 45 heavy (non-hydrogen) atoms. The lowest BCUT2D eigenvalue weighted by Crippen LogP contribution is -2.47. The summed E-state index contributed by atoms with van der Waals surface area (Å²) in [6.45, 7) is 3.57. The Morgan fingerprint density at radius 3 is 2.09 bits per heavy atom.